The molecule has 94 valence electrons. The van der Waals surface area contributed by atoms with E-state index in [9.17, 15) is 0 Å². The third-order valence-electron chi connectivity index (χ3n) is 2.28. The average molecular weight is 237 g/mol. The van der Waals surface area contributed by atoms with Crippen LogP contribution >= 0.6 is 0 Å². The topological polar surface area (TPSA) is 88.1 Å². The van der Waals surface area contributed by atoms with Crippen LogP contribution in [0.1, 0.15) is 12.1 Å². The third-order valence-corrected chi connectivity index (χ3v) is 2.28. The van der Waals surface area contributed by atoms with Crippen LogP contribution in [0.5, 0.6) is 0 Å². The first kappa shape index (κ1) is 13.4. The molecular formula is C11H19N5O. The molecular weight excluding hydrogens is 218 g/mol. The summed E-state index contributed by atoms with van der Waals surface area (Å²) in [5.41, 5.74) is 6.28. The van der Waals surface area contributed by atoms with E-state index in [4.69, 9.17) is 15.9 Å². The Morgan fingerprint density at radius 2 is 2.29 bits per heavy atom. The van der Waals surface area contributed by atoms with Gasteiger partial charge in [0.25, 0.3) is 0 Å². The van der Waals surface area contributed by atoms with E-state index in [0.717, 1.165) is 5.69 Å². The van der Waals surface area contributed by atoms with E-state index in [1.54, 1.807) is 13.3 Å². The number of nitrogens with one attached hydrogen (secondary N) is 1. The van der Waals surface area contributed by atoms with Gasteiger partial charge < -0.3 is 15.4 Å². The number of anilines is 1. The molecule has 0 radical (unpaired) electrons. The Kier molecular flexibility index (Phi) is 5.35. The Bertz CT molecular complexity index is 369. The van der Waals surface area contributed by atoms with E-state index in [2.05, 4.69) is 9.97 Å². The Hall–Kier alpha value is -1.69. The number of nitrogens with two attached hydrogens (primary N) is 1. The van der Waals surface area contributed by atoms with Gasteiger partial charge in [0.2, 0.25) is 5.95 Å². The van der Waals surface area contributed by atoms with Gasteiger partial charge in [-0.15, -0.1) is 0 Å². The Morgan fingerprint density at radius 3 is 2.88 bits per heavy atom. The fraction of sp³-hybridized carbons (Fsp3) is 0.545. The highest BCUT2D eigenvalue weighted by Gasteiger charge is 2.09. The maximum atomic E-state index is 7.25. The summed E-state index contributed by atoms with van der Waals surface area (Å²) in [5, 5.41) is 7.25. The van der Waals surface area contributed by atoms with Crippen LogP contribution in [0, 0.1) is 12.3 Å². The van der Waals surface area contributed by atoms with Crippen LogP contribution in [0.3, 0.4) is 0 Å². The normalized spacial score (nSPS) is 10.2. The van der Waals surface area contributed by atoms with Crippen LogP contribution in [0.25, 0.3) is 0 Å². The van der Waals surface area contributed by atoms with E-state index in [1.165, 1.54) is 0 Å². The van der Waals surface area contributed by atoms with Crippen LogP contribution in [0.4, 0.5) is 5.95 Å². The summed E-state index contributed by atoms with van der Waals surface area (Å²) in [5.74, 6) is 0.823. The molecule has 0 aliphatic rings. The fourth-order valence-electron chi connectivity index (χ4n) is 1.36. The highest BCUT2D eigenvalue weighted by Crippen LogP contribution is 2.07. The summed E-state index contributed by atoms with van der Waals surface area (Å²) in [6.07, 6.45) is 2.23. The van der Waals surface area contributed by atoms with Gasteiger partial charge >= 0.3 is 0 Å². The molecule has 0 saturated carbocycles. The molecule has 1 heterocycles. The summed E-state index contributed by atoms with van der Waals surface area (Å²) in [4.78, 5) is 10.5. The van der Waals surface area contributed by atoms with Gasteiger partial charge in [0.05, 0.1) is 12.4 Å². The van der Waals surface area contributed by atoms with Crippen molar-refractivity contribution in [2.45, 2.75) is 13.3 Å². The molecule has 17 heavy (non-hydrogen) atoms. The molecule has 1 aromatic rings. The number of amidine groups is 1. The number of hydrogen-bond donors (Lipinski definition) is 2. The monoisotopic (exact) mass is 237 g/mol. The molecule has 0 atom stereocenters. The second-order valence-corrected chi connectivity index (χ2v) is 3.75. The molecule has 3 N–H and O–H groups in total. The van der Waals surface area contributed by atoms with Crippen molar-refractivity contribution in [1.82, 2.24) is 9.97 Å². The maximum Gasteiger partial charge on any atom is 0.225 e. The predicted octanol–water partition coefficient (Wildman–Crippen LogP) is 0.564. The molecule has 0 spiro atoms. The SMILES string of the molecule is COCCN(CCC(=N)N)c1nccc(C)n1. The Balaban J connectivity index is 2.70. The second kappa shape index (κ2) is 6.80. The molecule has 0 aliphatic carbocycles. The van der Waals surface area contributed by atoms with Crippen LogP contribution in [0.15, 0.2) is 12.3 Å². The lowest BCUT2D eigenvalue weighted by atomic mass is 10.3. The number of methoxy groups -OCH3 is 1. The van der Waals surface area contributed by atoms with Gasteiger partial charge in [0, 0.05) is 38.5 Å². The molecule has 1 rings (SSSR count). The summed E-state index contributed by atoms with van der Waals surface area (Å²) < 4.78 is 5.05. The molecule has 6 nitrogen and oxygen atoms in total. The molecule has 0 aromatic carbocycles. The zero-order valence-electron chi connectivity index (χ0n) is 10.3. The lowest BCUT2D eigenvalue weighted by Crippen LogP contribution is -2.32. The molecule has 0 bridgehead atoms. The van der Waals surface area contributed by atoms with E-state index in [1.807, 2.05) is 17.9 Å². The molecule has 0 saturated heterocycles. The minimum absolute atomic E-state index is 0.167. The van der Waals surface area contributed by atoms with Gasteiger partial charge in [-0.2, -0.15) is 0 Å². The van der Waals surface area contributed by atoms with Gasteiger partial charge in [-0.3, -0.25) is 5.41 Å². The van der Waals surface area contributed by atoms with Crippen molar-refractivity contribution in [2.24, 2.45) is 5.73 Å². The largest absolute Gasteiger partial charge is 0.388 e. The van der Waals surface area contributed by atoms with E-state index in [0.29, 0.717) is 32.1 Å². The minimum atomic E-state index is 0.167. The molecule has 6 heteroatoms. The van der Waals surface area contributed by atoms with Crippen molar-refractivity contribution in [1.29, 1.82) is 5.41 Å². The van der Waals surface area contributed by atoms with Gasteiger partial charge in [0.1, 0.15) is 0 Å². The molecule has 0 aliphatic heterocycles. The van der Waals surface area contributed by atoms with Crippen LogP contribution in [-0.4, -0.2) is 42.6 Å². The lowest BCUT2D eigenvalue weighted by molar-refractivity contribution is 0.205. The number of aromatic nitrogens is 2. The van der Waals surface area contributed by atoms with E-state index < -0.39 is 0 Å². The third kappa shape index (κ3) is 4.78. The first-order valence-electron chi connectivity index (χ1n) is 5.50. The smallest absolute Gasteiger partial charge is 0.225 e. The van der Waals surface area contributed by atoms with Crippen LogP contribution in [-0.2, 0) is 4.74 Å². The number of rotatable bonds is 7. The number of nitrogens with zero attached hydrogens (tertiary/aromatic N) is 3. The van der Waals surface area contributed by atoms with Crippen LogP contribution in [0.2, 0.25) is 0 Å². The highest BCUT2D eigenvalue weighted by atomic mass is 16.5. The lowest BCUT2D eigenvalue weighted by Gasteiger charge is -2.22. The number of ether oxygens (including phenoxy) is 1. The van der Waals surface area contributed by atoms with E-state index >= 15 is 0 Å². The van der Waals surface area contributed by atoms with Crippen molar-refractivity contribution < 1.29 is 4.74 Å². The van der Waals surface area contributed by atoms with Gasteiger partial charge in [-0.25, -0.2) is 9.97 Å². The van der Waals surface area contributed by atoms with Crippen molar-refractivity contribution in [3.63, 3.8) is 0 Å². The van der Waals surface area contributed by atoms with Gasteiger partial charge in [-0.1, -0.05) is 0 Å². The average Bonchev–Trinajstić information content (AvgIpc) is 2.29. The summed E-state index contributed by atoms with van der Waals surface area (Å²) in [7, 11) is 1.65. The van der Waals surface area contributed by atoms with Crippen molar-refractivity contribution in [2.75, 3.05) is 31.7 Å². The Morgan fingerprint density at radius 1 is 1.53 bits per heavy atom. The molecule has 0 amide bonds. The van der Waals surface area contributed by atoms with Crippen molar-refractivity contribution in [3.05, 3.63) is 18.0 Å². The quantitative estimate of drug-likeness (QED) is 0.534. The summed E-state index contributed by atoms with van der Waals surface area (Å²) in [6, 6.07) is 1.85. The molecule has 0 fully saturated rings. The van der Waals surface area contributed by atoms with Gasteiger partial charge in [0.15, 0.2) is 0 Å². The minimum Gasteiger partial charge on any atom is -0.388 e. The van der Waals surface area contributed by atoms with Crippen LogP contribution < -0.4 is 10.6 Å². The number of hydrogen-bond acceptors (Lipinski definition) is 5. The maximum absolute atomic E-state index is 7.25. The number of aryl methyl sites for hydroxylation is 1. The Labute approximate surface area is 101 Å². The van der Waals surface area contributed by atoms with Gasteiger partial charge in [-0.05, 0) is 13.0 Å². The zero-order chi connectivity index (χ0) is 12.7. The standard InChI is InChI=1S/C11H19N5O/c1-9-3-5-14-11(15-9)16(7-8-17-2)6-4-10(12)13/h3,5H,4,6-8H2,1-2H3,(H3,12,13). The zero-order valence-corrected chi connectivity index (χ0v) is 10.3. The van der Waals surface area contributed by atoms with E-state index in [-0.39, 0.29) is 5.84 Å². The summed E-state index contributed by atoms with van der Waals surface area (Å²) >= 11 is 0. The van der Waals surface area contributed by atoms with Crippen molar-refractivity contribution >= 4 is 11.8 Å². The molecule has 1 aromatic heterocycles. The highest BCUT2D eigenvalue weighted by molar-refractivity contribution is 5.77. The second-order valence-electron chi connectivity index (χ2n) is 3.75. The first-order valence-corrected chi connectivity index (χ1v) is 5.50. The fourth-order valence-corrected chi connectivity index (χ4v) is 1.36. The molecule has 0 unspecified atom stereocenters. The summed E-state index contributed by atoms with van der Waals surface area (Å²) in [6.45, 7) is 3.83. The van der Waals surface area contributed by atoms with Crippen molar-refractivity contribution in [3.8, 4) is 0 Å². The predicted molar refractivity (Wildman–Crippen MR) is 67.4 cm³/mol. The first-order chi connectivity index (χ1) is 8.13.